The first kappa shape index (κ1) is 16.6. The average molecular weight is 311 g/mol. The Labute approximate surface area is 137 Å². The highest BCUT2D eigenvalue weighted by molar-refractivity contribution is 5.92. The van der Waals surface area contributed by atoms with Crippen LogP contribution in [0, 0.1) is 0 Å². The van der Waals surface area contributed by atoms with Crippen molar-refractivity contribution >= 4 is 12.0 Å². The molecule has 0 aromatic heterocycles. The zero-order chi connectivity index (χ0) is 16.7. The van der Waals surface area contributed by atoms with Crippen LogP contribution in [0.5, 0.6) is 11.5 Å². The number of carbonyl (C=O) groups is 1. The van der Waals surface area contributed by atoms with Crippen LogP contribution >= 0.6 is 0 Å². The van der Waals surface area contributed by atoms with E-state index < -0.39 is 0 Å². The van der Waals surface area contributed by atoms with E-state index in [1.807, 2.05) is 48.5 Å². The second-order valence-corrected chi connectivity index (χ2v) is 5.09. The van der Waals surface area contributed by atoms with E-state index in [-0.39, 0.29) is 5.91 Å². The molecule has 0 spiro atoms. The number of hydrogen-bond donors (Lipinski definition) is 0. The summed E-state index contributed by atoms with van der Waals surface area (Å²) in [6, 6.07) is 15.4. The first-order chi connectivity index (χ1) is 11.2. The quantitative estimate of drug-likeness (QED) is 0.768. The van der Waals surface area contributed by atoms with E-state index in [2.05, 4.69) is 0 Å². The van der Waals surface area contributed by atoms with Gasteiger partial charge in [-0.05, 0) is 23.8 Å². The Morgan fingerprint density at radius 1 is 1.00 bits per heavy atom. The van der Waals surface area contributed by atoms with Crippen molar-refractivity contribution in [3.63, 3.8) is 0 Å². The molecule has 0 fully saturated rings. The molecule has 1 amide bonds. The van der Waals surface area contributed by atoms with Crippen LogP contribution in [-0.4, -0.2) is 32.1 Å². The molecule has 0 radical (unpaired) electrons. The molecular weight excluding hydrogens is 290 g/mol. The number of carbonyl (C=O) groups excluding carboxylic acids is 1. The Kier molecular flexibility index (Phi) is 5.80. The lowest BCUT2D eigenvalue weighted by molar-refractivity contribution is -0.125. The molecule has 0 aliphatic heterocycles. The fraction of sp³-hybridized carbons (Fsp3) is 0.211. The normalized spacial score (nSPS) is 10.6. The van der Waals surface area contributed by atoms with Crippen molar-refractivity contribution in [1.82, 2.24) is 4.90 Å². The number of ether oxygens (including phenoxy) is 2. The molecule has 0 atom stereocenters. The van der Waals surface area contributed by atoms with Crippen molar-refractivity contribution < 1.29 is 14.3 Å². The van der Waals surface area contributed by atoms with Gasteiger partial charge in [0.15, 0.2) is 0 Å². The third kappa shape index (κ3) is 4.36. The maximum absolute atomic E-state index is 12.3. The van der Waals surface area contributed by atoms with Gasteiger partial charge in [-0.1, -0.05) is 36.4 Å². The van der Waals surface area contributed by atoms with Gasteiger partial charge in [0, 0.05) is 19.7 Å². The SMILES string of the molecule is COc1cccc(OC)c1/C=C/C(=O)N(C)Cc1ccccc1. The smallest absolute Gasteiger partial charge is 0.246 e. The van der Waals surface area contributed by atoms with Gasteiger partial charge in [-0.3, -0.25) is 4.79 Å². The van der Waals surface area contributed by atoms with E-state index >= 15 is 0 Å². The molecule has 4 heteroatoms. The van der Waals surface area contributed by atoms with Crippen LogP contribution < -0.4 is 9.47 Å². The molecule has 0 heterocycles. The van der Waals surface area contributed by atoms with Crippen molar-refractivity contribution in [1.29, 1.82) is 0 Å². The van der Waals surface area contributed by atoms with Crippen molar-refractivity contribution in [2.45, 2.75) is 6.54 Å². The maximum Gasteiger partial charge on any atom is 0.246 e. The van der Waals surface area contributed by atoms with Crippen LogP contribution in [0.1, 0.15) is 11.1 Å². The van der Waals surface area contributed by atoms with E-state index in [9.17, 15) is 4.79 Å². The molecule has 0 bridgehead atoms. The summed E-state index contributed by atoms with van der Waals surface area (Å²) in [6.07, 6.45) is 3.25. The fourth-order valence-corrected chi connectivity index (χ4v) is 2.26. The Balaban J connectivity index is 2.12. The Hall–Kier alpha value is -2.75. The number of rotatable bonds is 6. The summed E-state index contributed by atoms with van der Waals surface area (Å²) in [4.78, 5) is 13.9. The monoisotopic (exact) mass is 311 g/mol. The minimum Gasteiger partial charge on any atom is -0.496 e. The molecule has 23 heavy (non-hydrogen) atoms. The first-order valence-corrected chi connectivity index (χ1v) is 7.33. The minimum absolute atomic E-state index is 0.0817. The first-order valence-electron chi connectivity index (χ1n) is 7.33. The number of hydrogen-bond acceptors (Lipinski definition) is 3. The minimum atomic E-state index is -0.0817. The lowest BCUT2D eigenvalue weighted by atomic mass is 10.1. The number of likely N-dealkylation sites (N-methyl/N-ethyl adjacent to an activating group) is 1. The maximum atomic E-state index is 12.3. The third-order valence-corrected chi connectivity index (χ3v) is 3.50. The molecule has 0 aliphatic rings. The second kappa shape index (κ2) is 8.03. The molecule has 0 aliphatic carbocycles. The standard InChI is InChI=1S/C19H21NO3/c1-20(14-15-8-5-4-6-9-15)19(21)13-12-16-17(22-2)10-7-11-18(16)23-3/h4-13H,14H2,1-3H3/b13-12+. The molecule has 0 saturated carbocycles. The van der Waals surface area contributed by atoms with Gasteiger partial charge in [0.2, 0.25) is 5.91 Å². The highest BCUT2D eigenvalue weighted by atomic mass is 16.5. The lowest BCUT2D eigenvalue weighted by Crippen LogP contribution is -2.24. The average Bonchev–Trinajstić information content (AvgIpc) is 2.59. The summed E-state index contributed by atoms with van der Waals surface area (Å²) in [5, 5.41) is 0. The molecule has 4 nitrogen and oxygen atoms in total. The van der Waals surface area contributed by atoms with Crippen molar-refractivity contribution in [2.75, 3.05) is 21.3 Å². The molecular formula is C19H21NO3. The number of benzene rings is 2. The molecule has 0 unspecified atom stereocenters. The topological polar surface area (TPSA) is 38.8 Å². The van der Waals surface area contributed by atoms with Crippen LogP contribution in [0.2, 0.25) is 0 Å². The predicted molar refractivity (Wildman–Crippen MR) is 91.5 cm³/mol. The summed E-state index contributed by atoms with van der Waals surface area (Å²) < 4.78 is 10.6. The van der Waals surface area contributed by atoms with E-state index in [1.54, 1.807) is 32.2 Å². The van der Waals surface area contributed by atoms with Gasteiger partial charge < -0.3 is 14.4 Å². The highest BCUT2D eigenvalue weighted by Crippen LogP contribution is 2.29. The van der Waals surface area contributed by atoms with Crippen molar-refractivity contribution in [3.8, 4) is 11.5 Å². The van der Waals surface area contributed by atoms with Crippen LogP contribution in [0.4, 0.5) is 0 Å². The van der Waals surface area contributed by atoms with Crippen LogP contribution in [-0.2, 0) is 11.3 Å². The van der Waals surface area contributed by atoms with E-state index in [0.717, 1.165) is 11.1 Å². The van der Waals surface area contributed by atoms with Crippen LogP contribution in [0.3, 0.4) is 0 Å². The largest absolute Gasteiger partial charge is 0.496 e. The number of nitrogens with zero attached hydrogens (tertiary/aromatic N) is 1. The van der Waals surface area contributed by atoms with Crippen molar-refractivity contribution in [3.05, 3.63) is 65.7 Å². The van der Waals surface area contributed by atoms with Gasteiger partial charge in [0.1, 0.15) is 11.5 Å². The van der Waals surface area contributed by atoms with E-state index in [4.69, 9.17) is 9.47 Å². The zero-order valence-corrected chi connectivity index (χ0v) is 13.7. The summed E-state index contributed by atoms with van der Waals surface area (Å²) >= 11 is 0. The zero-order valence-electron chi connectivity index (χ0n) is 13.7. The summed E-state index contributed by atoms with van der Waals surface area (Å²) in [6.45, 7) is 0.563. The summed E-state index contributed by atoms with van der Waals surface area (Å²) in [5.41, 5.74) is 1.84. The number of methoxy groups -OCH3 is 2. The Morgan fingerprint density at radius 2 is 1.61 bits per heavy atom. The summed E-state index contributed by atoms with van der Waals surface area (Å²) in [7, 11) is 4.96. The van der Waals surface area contributed by atoms with Gasteiger partial charge >= 0.3 is 0 Å². The second-order valence-electron chi connectivity index (χ2n) is 5.09. The van der Waals surface area contributed by atoms with E-state index in [0.29, 0.717) is 18.0 Å². The molecule has 2 aromatic carbocycles. The van der Waals surface area contributed by atoms with Crippen LogP contribution in [0.15, 0.2) is 54.6 Å². The Morgan fingerprint density at radius 3 is 2.17 bits per heavy atom. The van der Waals surface area contributed by atoms with E-state index in [1.165, 1.54) is 6.08 Å². The van der Waals surface area contributed by atoms with Gasteiger partial charge in [-0.25, -0.2) is 0 Å². The molecule has 0 N–H and O–H groups in total. The molecule has 2 aromatic rings. The molecule has 120 valence electrons. The molecule has 2 rings (SSSR count). The predicted octanol–water partition coefficient (Wildman–Crippen LogP) is 3.38. The van der Waals surface area contributed by atoms with Gasteiger partial charge in [-0.2, -0.15) is 0 Å². The Bertz CT molecular complexity index is 658. The van der Waals surface area contributed by atoms with Gasteiger partial charge in [-0.15, -0.1) is 0 Å². The van der Waals surface area contributed by atoms with Gasteiger partial charge in [0.25, 0.3) is 0 Å². The van der Waals surface area contributed by atoms with Gasteiger partial charge in [0.05, 0.1) is 19.8 Å². The third-order valence-electron chi connectivity index (χ3n) is 3.50. The number of amides is 1. The summed E-state index contributed by atoms with van der Waals surface area (Å²) in [5.74, 6) is 1.25. The van der Waals surface area contributed by atoms with Crippen LogP contribution in [0.25, 0.3) is 6.08 Å². The van der Waals surface area contributed by atoms with Crippen molar-refractivity contribution in [2.24, 2.45) is 0 Å². The fourth-order valence-electron chi connectivity index (χ4n) is 2.26. The lowest BCUT2D eigenvalue weighted by Gasteiger charge is -2.15. The molecule has 0 saturated heterocycles. The highest BCUT2D eigenvalue weighted by Gasteiger charge is 2.09.